The van der Waals surface area contributed by atoms with Gasteiger partial charge in [-0.25, -0.2) is 34.3 Å². The van der Waals surface area contributed by atoms with Gasteiger partial charge in [-0.2, -0.15) is 0 Å². The molecule has 11 nitrogen and oxygen atoms in total. The Morgan fingerprint density at radius 1 is 0.804 bits per heavy atom. The molecule has 7 rings (SSSR count). The molecule has 6 aromatic rings. The van der Waals surface area contributed by atoms with Crippen molar-refractivity contribution in [3.63, 3.8) is 0 Å². The second-order valence-corrected chi connectivity index (χ2v) is 11.1. The van der Waals surface area contributed by atoms with Crippen LogP contribution in [0.25, 0.3) is 33.3 Å². The molecule has 4 heterocycles. The Bertz CT molecular complexity index is 1980. The molecular formula is C34H33FN10O. The van der Waals surface area contributed by atoms with Gasteiger partial charge in [-0.05, 0) is 66.8 Å². The molecule has 232 valence electrons. The van der Waals surface area contributed by atoms with Crippen LogP contribution in [0.3, 0.4) is 0 Å². The van der Waals surface area contributed by atoms with Gasteiger partial charge in [0, 0.05) is 24.2 Å². The third-order valence-electron chi connectivity index (χ3n) is 7.76. The van der Waals surface area contributed by atoms with Gasteiger partial charge in [0.2, 0.25) is 5.91 Å². The number of rotatable bonds is 7. The van der Waals surface area contributed by atoms with Gasteiger partial charge < -0.3 is 22.1 Å². The number of nitrogens with one attached hydrogen (secondary N) is 2. The molecule has 1 aliphatic carbocycles. The Morgan fingerprint density at radius 3 is 2.20 bits per heavy atom. The molecule has 0 aliphatic heterocycles. The molecule has 0 atom stereocenters. The van der Waals surface area contributed by atoms with Crippen molar-refractivity contribution in [2.45, 2.75) is 38.6 Å². The quantitative estimate of drug-likeness (QED) is 0.163. The standard InChI is InChI=1S/C20H20FN5O.C14H13N5/c21-14-8-13(16-5-6-17-19(26-16)20(22)24-11-23-17)9-15(10-14)25-18(27)7-12-3-1-2-4-12;15-14-13-11(17-9-18-14)6-7-12(19-13)16-8-10-4-2-1-3-5-10/h5-6,8-12H,1-4,7H2,(H,25,27)(H2,22,23,24);1-7,9H,8H2,(H,16,19)(H2,15,17,18). The van der Waals surface area contributed by atoms with Crippen LogP contribution >= 0.6 is 0 Å². The highest BCUT2D eigenvalue weighted by molar-refractivity contribution is 5.92. The number of fused-ring (bicyclic) bond motifs is 2. The van der Waals surface area contributed by atoms with Crippen LogP contribution in [0.1, 0.15) is 37.7 Å². The monoisotopic (exact) mass is 616 g/mol. The zero-order valence-electron chi connectivity index (χ0n) is 25.0. The summed E-state index contributed by atoms with van der Waals surface area (Å²) in [6.45, 7) is 0.715. The van der Waals surface area contributed by atoms with E-state index in [1.54, 1.807) is 18.2 Å². The van der Waals surface area contributed by atoms with Crippen LogP contribution in [-0.2, 0) is 11.3 Å². The predicted molar refractivity (Wildman–Crippen MR) is 178 cm³/mol. The highest BCUT2D eigenvalue weighted by atomic mass is 19.1. The fraction of sp³-hybridized carbons (Fsp3) is 0.206. The number of nitrogens with two attached hydrogens (primary N) is 2. The number of halogens is 1. The summed E-state index contributed by atoms with van der Waals surface area (Å²) in [7, 11) is 0. The molecule has 0 bridgehead atoms. The SMILES string of the molecule is Nc1ncnc2ccc(-c3cc(F)cc(NC(=O)CC4CCCC4)c3)nc12.Nc1ncnc2ccc(NCc3ccccc3)nc12. The molecule has 0 radical (unpaired) electrons. The smallest absolute Gasteiger partial charge is 0.224 e. The van der Waals surface area contributed by atoms with Crippen molar-refractivity contribution >= 4 is 51.1 Å². The summed E-state index contributed by atoms with van der Waals surface area (Å²) in [5.74, 6) is 1.34. The van der Waals surface area contributed by atoms with Crippen molar-refractivity contribution < 1.29 is 9.18 Å². The number of carbonyl (C=O) groups excluding carboxylic acids is 1. The number of pyridine rings is 2. The lowest BCUT2D eigenvalue weighted by Crippen LogP contribution is -2.15. The van der Waals surface area contributed by atoms with Gasteiger partial charge in [-0.3, -0.25) is 4.79 Å². The van der Waals surface area contributed by atoms with E-state index < -0.39 is 5.82 Å². The fourth-order valence-corrected chi connectivity index (χ4v) is 5.46. The van der Waals surface area contributed by atoms with Gasteiger partial charge in [-0.1, -0.05) is 43.2 Å². The lowest BCUT2D eigenvalue weighted by Gasteiger charge is -2.11. The number of hydrogen-bond acceptors (Lipinski definition) is 10. The average molecular weight is 617 g/mol. The average Bonchev–Trinajstić information content (AvgIpc) is 3.57. The molecule has 1 amide bonds. The number of aromatic nitrogens is 6. The van der Waals surface area contributed by atoms with E-state index in [1.165, 1.54) is 43.2 Å². The van der Waals surface area contributed by atoms with Gasteiger partial charge in [0.25, 0.3) is 0 Å². The summed E-state index contributed by atoms with van der Waals surface area (Å²) in [6.07, 6.45) is 7.84. The van der Waals surface area contributed by atoms with E-state index in [-0.39, 0.29) is 11.7 Å². The van der Waals surface area contributed by atoms with Crippen molar-refractivity contribution in [3.8, 4) is 11.3 Å². The van der Waals surface area contributed by atoms with Crippen LogP contribution in [0.4, 0.5) is 27.5 Å². The topological polar surface area (TPSA) is 171 Å². The zero-order valence-corrected chi connectivity index (χ0v) is 25.0. The summed E-state index contributed by atoms with van der Waals surface area (Å²) in [4.78, 5) is 37.3. The largest absolute Gasteiger partial charge is 0.382 e. The molecule has 0 unspecified atom stereocenters. The third-order valence-corrected chi connectivity index (χ3v) is 7.76. The molecule has 4 aromatic heterocycles. The van der Waals surface area contributed by atoms with E-state index in [1.807, 2.05) is 30.3 Å². The minimum atomic E-state index is -0.442. The molecule has 1 fully saturated rings. The number of amides is 1. The lowest BCUT2D eigenvalue weighted by molar-refractivity contribution is -0.117. The van der Waals surface area contributed by atoms with Gasteiger partial charge in [0.15, 0.2) is 11.6 Å². The molecule has 1 saturated carbocycles. The molecule has 1 aliphatic rings. The van der Waals surface area contributed by atoms with Crippen LogP contribution < -0.4 is 22.1 Å². The van der Waals surface area contributed by atoms with E-state index in [9.17, 15) is 9.18 Å². The number of nitrogen functional groups attached to an aromatic ring is 2. The maximum absolute atomic E-state index is 14.1. The van der Waals surface area contributed by atoms with Crippen molar-refractivity contribution in [3.05, 3.63) is 96.8 Å². The molecule has 0 saturated heterocycles. The highest BCUT2D eigenvalue weighted by Gasteiger charge is 2.19. The summed E-state index contributed by atoms with van der Waals surface area (Å²) >= 11 is 0. The fourth-order valence-electron chi connectivity index (χ4n) is 5.46. The molecule has 0 spiro atoms. The predicted octanol–water partition coefficient (Wildman–Crippen LogP) is 6.15. The second kappa shape index (κ2) is 13.9. The van der Waals surface area contributed by atoms with Gasteiger partial charge in [0.05, 0.1) is 16.7 Å². The van der Waals surface area contributed by atoms with E-state index >= 15 is 0 Å². The van der Waals surface area contributed by atoms with Crippen LogP contribution in [0, 0.1) is 11.7 Å². The second-order valence-electron chi connectivity index (χ2n) is 11.1. The first-order chi connectivity index (χ1) is 22.4. The van der Waals surface area contributed by atoms with Crippen molar-refractivity contribution in [1.82, 2.24) is 29.9 Å². The first kappa shape index (κ1) is 30.3. The van der Waals surface area contributed by atoms with Crippen LogP contribution in [0.15, 0.2) is 85.5 Å². The third kappa shape index (κ3) is 7.46. The first-order valence-electron chi connectivity index (χ1n) is 15.0. The highest BCUT2D eigenvalue weighted by Crippen LogP contribution is 2.29. The summed E-state index contributed by atoms with van der Waals surface area (Å²) in [5, 5.41) is 6.07. The molecular weight excluding hydrogens is 583 g/mol. The van der Waals surface area contributed by atoms with E-state index in [0.29, 0.717) is 58.2 Å². The Hall–Kier alpha value is -5.78. The van der Waals surface area contributed by atoms with Crippen molar-refractivity contribution in [2.75, 3.05) is 22.1 Å². The van der Waals surface area contributed by atoms with Crippen molar-refractivity contribution in [1.29, 1.82) is 0 Å². The minimum Gasteiger partial charge on any atom is -0.382 e. The number of hydrogen-bond donors (Lipinski definition) is 4. The summed E-state index contributed by atoms with van der Waals surface area (Å²) < 4.78 is 14.1. The van der Waals surface area contributed by atoms with Crippen molar-refractivity contribution in [2.24, 2.45) is 5.92 Å². The number of anilines is 4. The Labute approximate surface area is 264 Å². The summed E-state index contributed by atoms with van der Waals surface area (Å²) in [6, 6.07) is 21.8. The Morgan fingerprint density at radius 2 is 1.48 bits per heavy atom. The van der Waals surface area contributed by atoms with Crippen LogP contribution in [0.5, 0.6) is 0 Å². The van der Waals surface area contributed by atoms with E-state index in [4.69, 9.17) is 11.5 Å². The number of carbonyl (C=O) groups is 1. The normalized spacial score (nSPS) is 12.9. The Kier molecular flexibility index (Phi) is 9.14. The zero-order chi connectivity index (χ0) is 31.9. The van der Waals surface area contributed by atoms with Gasteiger partial charge in [-0.15, -0.1) is 0 Å². The summed E-state index contributed by atoms with van der Waals surface area (Å²) in [5.41, 5.74) is 16.8. The lowest BCUT2D eigenvalue weighted by atomic mass is 10.0. The maximum Gasteiger partial charge on any atom is 0.224 e. The minimum absolute atomic E-state index is 0.0810. The molecule has 12 heteroatoms. The van der Waals surface area contributed by atoms with Gasteiger partial charge >= 0.3 is 0 Å². The Balaban J connectivity index is 0.000000172. The van der Waals surface area contributed by atoms with Gasteiger partial charge in [0.1, 0.15) is 35.3 Å². The first-order valence-corrected chi connectivity index (χ1v) is 15.0. The molecule has 46 heavy (non-hydrogen) atoms. The number of benzene rings is 2. The van der Waals surface area contributed by atoms with E-state index in [2.05, 4.69) is 52.7 Å². The maximum atomic E-state index is 14.1. The molecule has 6 N–H and O–H groups in total. The molecule has 2 aromatic carbocycles. The number of nitrogens with zero attached hydrogens (tertiary/aromatic N) is 6. The van der Waals surface area contributed by atoms with Crippen LogP contribution in [-0.4, -0.2) is 35.8 Å². The van der Waals surface area contributed by atoms with E-state index in [0.717, 1.165) is 24.2 Å². The van der Waals surface area contributed by atoms with Crippen LogP contribution in [0.2, 0.25) is 0 Å².